The Balaban J connectivity index is 1.92. The zero-order chi connectivity index (χ0) is 18.8. The quantitative estimate of drug-likeness (QED) is 0.678. The van der Waals surface area contributed by atoms with Crippen LogP contribution in [0.3, 0.4) is 0 Å². The van der Waals surface area contributed by atoms with E-state index in [1.807, 2.05) is 37.3 Å². The Labute approximate surface area is 153 Å². The van der Waals surface area contributed by atoms with Crippen molar-refractivity contribution in [1.82, 2.24) is 5.32 Å². The molecule has 0 heterocycles. The van der Waals surface area contributed by atoms with Gasteiger partial charge in [-0.15, -0.1) is 0 Å². The molecule has 26 heavy (non-hydrogen) atoms. The fourth-order valence-electron chi connectivity index (χ4n) is 2.28. The Kier molecular flexibility index (Phi) is 7.64. The molecule has 0 saturated heterocycles. The third kappa shape index (κ3) is 5.89. The third-order valence-electron chi connectivity index (χ3n) is 3.69. The number of benzene rings is 2. The monoisotopic (exact) mass is 356 g/mol. The van der Waals surface area contributed by atoms with Crippen LogP contribution in [0.5, 0.6) is 5.75 Å². The van der Waals surface area contributed by atoms with E-state index < -0.39 is 6.10 Å². The van der Waals surface area contributed by atoms with Crippen LogP contribution in [0.15, 0.2) is 54.6 Å². The van der Waals surface area contributed by atoms with Gasteiger partial charge < -0.3 is 20.1 Å². The maximum atomic E-state index is 12.4. The summed E-state index contributed by atoms with van der Waals surface area (Å²) in [6.45, 7) is 2.79. The molecule has 1 unspecified atom stereocenters. The molecule has 2 rings (SSSR count). The van der Waals surface area contributed by atoms with Crippen molar-refractivity contribution in [2.45, 2.75) is 19.4 Å². The van der Waals surface area contributed by atoms with Crippen molar-refractivity contribution in [2.24, 2.45) is 0 Å². The summed E-state index contributed by atoms with van der Waals surface area (Å²) in [7, 11) is 1.58. The second-order valence-corrected chi connectivity index (χ2v) is 5.64. The van der Waals surface area contributed by atoms with Crippen LogP contribution >= 0.6 is 0 Å². The molecule has 6 nitrogen and oxygen atoms in total. The third-order valence-corrected chi connectivity index (χ3v) is 3.69. The van der Waals surface area contributed by atoms with Crippen molar-refractivity contribution < 1.29 is 19.1 Å². The summed E-state index contributed by atoms with van der Waals surface area (Å²) >= 11 is 0. The molecule has 2 N–H and O–H groups in total. The molecule has 0 aromatic heterocycles. The highest BCUT2D eigenvalue weighted by molar-refractivity contribution is 5.96. The molecule has 2 aromatic carbocycles. The molecule has 1 atom stereocenters. The van der Waals surface area contributed by atoms with E-state index in [0.29, 0.717) is 36.6 Å². The summed E-state index contributed by atoms with van der Waals surface area (Å²) in [5.41, 5.74) is 1.13. The van der Waals surface area contributed by atoms with Gasteiger partial charge >= 0.3 is 0 Å². The van der Waals surface area contributed by atoms with Crippen LogP contribution < -0.4 is 15.4 Å². The lowest BCUT2D eigenvalue weighted by Gasteiger charge is -2.17. The minimum atomic E-state index is -0.589. The van der Waals surface area contributed by atoms with Crippen molar-refractivity contribution in [2.75, 3.05) is 25.6 Å². The summed E-state index contributed by atoms with van der Waals surface area (Å²) in [6, 6.07) is 15.9. The number of hydrogen-bond donors (Lipinski definition) is 2. The van der Waals surface area contributed by atoms with E-state index in [2.05, 4.69) is 10.6 Å². The van der Waals surface area contributed by atoms with Gasteiger partial charge in [-0.3, -0.25) is 9.59 Å². The predicted molar refractivity (Wildman–Crippen MR) is 100 cm³/mol. The van der Waals surface area contributed by atoms with Gasteiger partial charge in [-0.05, 0) is 42.8 Å². The largest absolute Gasteiger partial charge is 0.481 e. The van der Waals surface area contributed by atoms with Gasteiger partial charge in [-0.25, -0.2) is 0 Å². The number of hydrogen-bond acceptors (Lipinski definition) is 4. The SMILES string of the molecule is CCC(Oc1ccccc1)C(=O)Nc1ccc(C(=O)NCCOC)cc1. The van der Waals surface area contributed by atoms with Gasteiger partial charge in [-0.2, -0.15) is 0 Å². The van der Waals surface area contributed by atoms with Crippen molar-refractivity contribution in [3.8, 4) is 5.75 Å². The van der Waals surface area contributed by atoms with Crippen LogP contribution in [0.1, 0.15) is 23.7 Å². The van der Waals surface area contributed by atoms with Crippen molar-refractivity contribution in [3.05, 3.63) is 60.2 Å². The minimum Gasteiger partial charge on any atom is -0.481 e. The molecule has 0 saturated carbocycles. The first-order valence-electron chi connectivity index (χ1n) is 8.53. The van der Waals surface area contributed by atoms with Gasteiger partial charge in [0.25, 0.3) is 11.8 Å². The van der Waals surface area contributed by atoms with Crippen molar-refractivity contribution in [3.63, 3.8) is 0 Å². The van der Waals surface area contributed by atoms with Crippen LogP contribution in [0.25, 0.3) is 0 Å². The van der Waals surface area contributed by atoms with E-state index in [-0.39, 0.29) is 11.8 Å². The molecule has 6 heteroatoms. The van der Waals surface area contributed by atoms with E-state index >= 15 is 0 Å². The number of rotatable bonds is 9. The zero-order valence-corrected chi connectivity index (χ0v) is 15.0. The first-order valence-corrected chi connectivity index (χ1v) is 8.53. The number of methoxy groups -OCH3 is 1. The molecule has 0 aliphatic rings. The fraction of sp³-hybridized carbons (Fsp3) is 0.300. The summed E-state index contributed by atoms with van der Waals surface area (Å²) in [4.78, 5) is 24.3. The Bertz CT molecular complexity index is 702. The minimum absolute atomic E-state index is 0.182. The topological polar surface area (TPSA) is 76.7 Å². The second kappa shape index (κ2) is 10.2. The highest BCUT2D eigenvalue weighted by Gasteiger charge is 2.18. The Morgan fingerprint density at radius 3 is 2.35 bits per heavy atom. The lowest BCUT2D eigenvalue weighted by Crippen LogP contribution is -2.32. The molecule has 0 spiro atoms. The summed E-state index contributed by atoms with van der Waals surface area (Å²) < 4.78 is 10.6. The Morgan fingerprint density at radius 1 is 1.04 bits per heavy atom. The number of para-hydroxylation sites is 1. The van der Waals surface area contributed by atoms with Crippen LogP contribution in [-0.2, 0) is 9.53 Å². The summed E-state index contributed by atoms with van der Waals surface area (Å²) in [5.74, 6) is 0.241. The van der Waals surface area contributed by atoms with E-state index in [1.54, 1.807) is 31.4 Å². The van der Waals surface area contributed by atoms with E-state index in [4.69, 9.17) is 9.47 Å². The molecule has 0 aliphatic heterocycles. The van der Waals surface area contributed by atoms with Gasteiger partial charge in [0, 0.05) is 24.9 Å². The lowest BCUT2D eigenvalue weighted by molar-refractivity contribution is -0.122. The number of carbonyl (C=O) groups is 2. The standard InChI is InChI=1S/C20H24N2O4/c1-3-18(26-17-7-5-4-6-8-17)20(24)22-16-11-9-15(10-12-16)19(23)21-13-14-25-2/h4-12,18H,3,13-14H2,1-2H3,(H,21,23)(H,22,24). The number of carbonyl (C=O) groups excluding carboxylic acids is 2. The second-order valence-electron chi connectivity index (χ2n) is 5.64. The van der Waals surface area contributed by atoms with Gasteiger partial charge in [0.2, 0.25) is 0 Å². The molecule has 0 aliphatic carbocycles. The summed E-state index contributed by atoms with van der Waals surface area (Å²) in [5, 5.41) is 5.56. The summed E-state index contributed by atoms with van der Waals surface area (Å²) in [6.07, 6.45) is -0.0461. The molecular weight excluding hydrogens is 332 g/mol. The van der Waals surface area contributed by atoms with Crippen LogP contribution in [0.2, 0.25) is 0 Å². The smallest absolute Gasteiger partial charge is 0.265 e. The van der Waals surface area contributed by atoms with Crippen LogP contribution in [0.4, 0.5) is 5.69 Å². The number of anilines is 1. The number of amides is 2. The zero-order valence-electron chi connectivity index (χ0n) is 15.0. The Hall–Kier alpha value is -2.86. The number of nitrogens with one attached hydrogen (secondary N) is 2. The maximum Gasteiger partial charge on any atom is 0.265 e. The van der Waals surface area contributed by atoms with Crippen molar-refractivity contribution >= 4 is 17.5 Å². The average molecular weight is 356 g/mol. The fourth-order valence-corrected chi connectivity index (χ4v) is 2.28. The van der Waals surface area contributed by atoms with Gasteiger partial charge in [-0.1, -0.05) is 25.1 Å². The van der Waals surface area contributed by atoms with E-state index in [9.17, 15) is 9.59 Å². The molecule has 2 aromatic rings. The average Bonchev–Trinajstić information content (AvgIpc) is 2.67. The first kappa shape index (κ1) is 19.5. The van der Waals surface area contributed by atoms with Crippen LogP contribution in [-0.4, -0.2) is 38.2 Å². The molecule has 0 bridgehead atoms. The molecule has 0 radical (unpaired) electrons. The molecule has 0 fully saturated rings. The highest BCUT2D eigenvalue weighted by atomic mass is 16.5. The maximum absolute atomic E-state index is 12.4. The van der Waals surface area contributed by atoms with Gasteiger partial charge in [0.1, 0.15) is 5.75 Å². The van der Waals surface area contributed by atoms with E-state index in [0.717, 1.165) is 0 Å². The van der Waals surface area contributed by atoms with E-state index in [1.165, 1.54) is 0 Å². The van der Waals surface area contributed by atoms with Gasteiger partial charge in [0.15, 0.2) is 6.10 Å². The lowest BCUT2D eigenvalue weighted by atomic mass is 10.2. The Morgan fingerprint density at radius 2 is 1.73 bits per heavy atom. The first-order chi connectivity index (χ1) is 12.6. The highest BCUT2D eigenvalue weighted by Crippen LogP contribution is 2.15. The molecule has 138 valence electrons. The molecular formula is C20H24N2O4. The van der Waals surface area contributed by atoms with Gasteiger partial charge in [0.05, 0.1) is 6.61 Å². The molecule has 2 amide bonds. The predicted octanol–water partition coefficient (Wildman–Crippen LogP) is 2.86. The number of ether oxygens (including phenoxy) is 2. The normalized spacial score (nSPS) is 11.5. The van der Waals surface area contributed by atoms with Crippen LogP contribution in [0, 0.1) is 0 Å². The van der Waals surface area contributed by atoms with Crippen molar-refractivity contribution in [1.29, 1.82) is 0 Å².